The number of nitrogens with one attached hydrogen (secondary N) is 1. The van der Waals surface area contributed by atoms with Crippen LogP contribution in [0.15, 0.2) is 23.1 Å². The van der Waals surface area contributed by atoms with Crippen LogP contribution in [-0.2, 0) is 4.84 Å². The van der Waals surface area contributed by atoms with Gasteiger partial charge in [-0.05, 0) is 30.9 Å². The van der Waals surface area contributed by atoms with Gasteiger partial charge < -0.3 is 0 Å². The molecule has 0 aliphatic carbocycles. The predicted octanol–water partition coefficient (Wildman–Crippen LogP) is 2.69. The molecule has 1 rings (SSSR count). The van der Waals surface area contributed by atoms with Gasteiger partial charge in [-0.25, -0.2) is 0 Å². The number of anilines is 1. The van der Waals surface area contributed by atoms with Gasteiger partial charge in [0.15, 0.2) is 0 Å². The SMILES string of the molecule is CONc1cc(SC)ccc1C. The fourth-order valence-electron chi connectivity index (χ4n) is 0.948. The van der Waals surface area contributed by atoms with E-state index in [4.69, 9.17) is 4.84 Å². The van der Waals surface area contributed by atoms with Crippen molar-refractivity contribution in [3.8, 4) is 0 Å². The van der Waals surface area contributed by atoms with Gasteiger partial charge in [0.1, 0.15) is 0 Å². The van der Waals surface area contributed by atoms with E-state index in [9.17, 15) is 0 Å². The average molecular weight is 183 g/mol. The Balaban J connectivity index is 2.91. The number of hydrogen-bond acceptors (Lipinski definition) is 3. The Labute approximate surface area is 77.3 Å². The van der Waals surface area contributed by atoms with Crippen LogP contribution in [0, 0.1) is 6.92 Å². The molecule has 0 spiro atoms. The van der Waals surface area contributed by atoms with Crippen LogP contribution in [0.3, 0.4) is 0 Å². The van der Waals surface area contributed by atoms with E-state index in [1.165, 1.54) is 10.5 Å². The van der Waals surface area contributed by atoms with Gasteiger partial charge in [-0.3, -0.25) is 10.3 Å². The van der Waals surface area contributed by atoms with E-state index < -0.39 is 0 Å². The third-order valence-electron chi connectivity index (χ3n) is 1.66. The third kappa shape index (κ3) is 2.16. The Morgan fingerprint density at radius 1 is 1.42 bits per heavy atom. The molecule has 3 heteroatoms. The number of aryl methyl sites for hydroxylation is 1. The molecule has 0 radical (unpaired) electrons. The molecule has 66 valence electrons. The smallest absolute Gasteiger partial charge is 0.0644 e. The van der Waals surface area contributed by atoms with Gasteiger partial charge in [0.2, 0.25) is 0 Å². The highest BCUT2D eigenvalue weighted by molar-refractivity contribution is 7.98. The molecule has 0 heterocycles. The Bertz CT molecular complexity index is 263. The predicted molar refractivity (Wildman–Crippen MR) is 53.6 cm³/mol. The first kappa shape index (κ1) is 9.42. The van der Waals surface area contributed by atoms with E-state index in [0.717, 1.165) is 5.69 Å². The summed E-state index contributed by atoms with van der Waals surface area (Å²) in [5.41, 5.74) is 5.06. The summed E-state index contributed by atoms with van der Waals surface area (Å²) in [6, 6.07) is 6.25. The van der Waals surface area contributed by atoms with Crippen molar-refractivity contribution in [2.45, 2.75) is 11.8 Å². The zero-order chi connectivity index (χ0) is 8.97. The van der Waals surface area contributed by atoms with Gasteiger partial charge in [0.25, 0.3) is 0 Å². The molecular formula is C9H13NOS. The van der Waals surface area contributed by atoms with Gasteiger partial charge >= 0.3 is 0 Å². The summed E-state index contributed by atoms with van der Waals surface area (Å²) >= 11 is 1.72. The van der Waals surface area contributed by atoms with Crippen molar-refractivity contribution in [1.29, 1.82) is 0 Å². The fourth-order valence-corrected chi connectivity index (χ4v) is 1.39. The lowest BCUT2D eigenvalue weighted by molar-refractivity contribution is 0.270. The Morgan fingerprint density at radius 3 is 2.75 bits per heavy atom. The lowest BCUT2D eigenvalue weighted by Crippen LogP contribution is -1.97. The second-order valence-corrected chi connectivity index (χ2v) is 3.37. The molecule has 1 N–H and O–H groups in total. The molecule has 0 aliphatic heterocycles. The summed E-state index contributed by atoms with van der Waals surface area (Å²) in [4.78, 5) is 6.09. The van der Waals surface area contributed by atoms with Crippen molar-refractivity contribution in [2.24, 2.45) is 0 Å². The normalized spacial score (nSPS) is 9.92. The molecule has 0 fully saturated rings. The zero-order valence-corrected chi connectivity index (χ0v) is 8.37. The summed E-state index contributed by atoms with van der Waals surface area (Å²) in [7, 11) is 1.62. The Hall–Kier alpha value is -0.670. The molecule has 12 heavy (non-hydrogen) atoms. The largest absolute Gasteiger partial charge is 0.279 e. The number of hydrogen-bond donors (Lipinski definition) is 1. The van der Waals surface area contributed by atoms with Crippen LogP contribution in [0.1, 0.15) is 5.56 Å². The van der Waals surface area contributed by atoms with Crippen molar-refractivity contribution >= 4 is 17.4 Å². The second kappa shape index (κ2) is 4.38. The maximum Gasteiger partial charge on any atom is 0.0644 e. The van der Waals surface area contributed by atoms with Crippen LogP contribution in [0.25, 0.3) is 0 Å². The van der Waals surface area contributed by atoms with Crippen LogP contribution in [0.5, 0.6) is 0 Å². The first-order valence-corrected chi connectivity index (χ1v) is 4.94. The zero-order valence-electron chi connectivity index (χ0n) is 7.55. The van der Waals surface area contributed by atoms with Crippen molar-refractivity contribution < 1.29 is 4.84 Å². The molecule has 0 saturated heterocycles. The van der Waals surface area contributed by atoms with Gasteiger partial charge in [-0.2, -0.15) is 0 Å². The molecule has 1 aromatic carbocycles. The molecule has 0 unspecified atom stereocenters. The van der Waals surface area contributed by atoms with Crippen molar-refractivity contribution in [2.75, 3.05) is 18.8 Å². The molecular weight excluding hydrogens is 170 g/mol. The molecule has 0 aromatic heterocycles. The lowest BCUT2D eigenvalue weighted by atomic mass is 10.2. The Kier molecular flexibility index (Phi) is 3.44. The first-order chi connectivity index (χ1) is 5.77. The minimum Gasteiger partial charge on any atom is -0.279 e. The van der Waals surface area contributed by atoms with Crippen molar-refractivity contribution in [3.05, 3.63) is 23.8 Å². The van der Waals surface area contributed by atoms with Crippen molar-refractivity contribution in [1.82, 2.24) is 0 Å². The minimum atomic E-state index is 1.03. The maximum atomic E-state index is 4.85. The molecule has 0 saturated carbocycles. The second-order valence-electron chi connectivity index (χ2n) is 2.49. The summed E-state index contributed by atoms with van der Waals surface area (Å²) < 4.78 is 0. The van der Waals surface area contributed by atoms with Crippen molar-refractivity contribution in [3.63, 3.8) is 0 Å². The van der Waals surface area contributed by atoms with Gasteiger partial charge in [-0.1, -0.05) is 6.07 Å². The third-order valence-corrected chi connectivity index (χ3v) is 2.38. The van der Waals surface area contributed by atoms with E-state index in [1.54, 1.807) is 18.9 Å². The van der Waals surface area contributed by atoms with Gasteiger partial charge in [0, 0.05) is 4.90 Å². The monoisotopic (exact) mass is 183 g/mol. The van der Waals surface area contributed by atoms with E-state index in [0.29, 0.717) is 0 Å². The van der Waals surface area contributed by atoms with Crippen LogP contribution < -0.4 is 5.48 Å². The number of thioether (sulfide) groups is 1. The Morgan fingerprint density at radius 2 is 2.17 bits per heavy atom. The standard InChI is InChI=1S/C9H13NOS/c1-7-4-5-8(12-3)6-9(7)10-11-2/h4-6,10H,1-3H3. The lowest BCUT2D eigenvalue weighted by Gasteiger charge is -2.07. The van der Waals surface area contributed by atoms with Crippen LogP contribution >= 0.6 is 11.8 Å². The molecule has 1 aromatic rings. The van der Waals surface area contributed by atoms with E-state index in [2.05, 4.69) is 29.9 Å². The summed E-state index contributed by atoms with van der Waals surface area (Å²) in [5.74, 6) is 0. The molecule has 0 bridgehead atoms. The minimum absolute atomic E-state index is 1.03. The topological polar surface area (TPSA) is 21.3 Å². The van der Waals surface area contributed by atoms with Crippen LogP contribution in [0.2, 0.25) is 0 Å². The number of rotatable bonds is 3. The summed E-state index contributed by atoms with van der Waals surface area (Å²) in [6.45, 7) is 2.05. The van der Waals surface area contributed by atoms with Gasteiger partial charge in [0.05, 0.1) is 12.8 Å². The van der Waals surface area contributed by atoms with E-state index in [1.807, 2.05) is 6.92 Å². The quantitative estimate of drug-likeness (QED) is 0.575. The highest BCUT2D eigenvalue weighted by Crippen LogP contribution is 2.22. The van der Waals surface area contributed by atoms with E-state index >= 15 is 0 Å². The molecule has 0 aliphatic rings. The summed E-state index contributed by atoms with van der Waals surface area (Å²) in [5, 5.41) is 0. The highest BCUT2D eigenvalue weighted by atomic mass is 32.2. The van der Waals surface area contributed by atoms with Crippen LogP contribution in [0.4, 0.5) is 5.69 Å². The number of benzene rings is 1. The fraction of sp³-hybridized carbons (Fsp3) is 0.333. The highest BCUT2D eigenvalue weighted by Gasteiger charge is 1.97. The van der Waals surface area contributed by atoms with Gasteiger partial charge in [-0.15, -0.1) is 11.8 Å². The molecule has 0 atom stereocenters. The molecule has 2 nitrogen and oxygen atoms in total. The van der Waals surface area contributed by atoms with Crippen LogP contribution in [-0.4, -0.2) is 13.4 Å². The van der Waals surface area contributed by atoms with E-state index in [-0.39, 0.29) is 0 Å². The molecule has 0 amide bonds. The first-order valence-electron chi connectivity index (χ1n) is 3.71. The summed E-state index contributed by atoms with van der Waals surface area (Å²) in [6.07, 6.45) is 2.06. The average Bonchev–Trinajstić information content (AvgIpc) is 2.09. The maximum absolute atomic E-state index is 4.85.